The number of benzene rings is 1. The number of rotatable bonds is 4. The van der Waals surface area contributed by atoms with Crippen molar-refractivity contribution >= 4 is 11.6 Å². The van der Waals surface area contributed by atoms with Crippen LogP contribution in [0.3, 0.4) is 0 Å². The molecule has 1 aromatic heterocycles. The average Bonchev–Trinajstić information content (AvgIpc) is 2.75. The van der Waals surface area contributed by atoms with E-state index in [0.717, 1.165) is 24.4 Å². The number of aromatic nitrogens is 4. The molecule has 0 bridgehead atoms. The third kappa shape index (κ3) is 2.37. The van der Waals surface area contributed by atoms with Crippen molar-refractivity contribution in [3.8, 4) is 5.69 Å². The molecule has 0 saturated heterocycles. The number of hydrogen-bond donors (Lipinski definition) is 1. The molecule has 16 heavy (non-hydrogen) atoms. The summed E-state index contributed by atoms with van der Waals surface area (Å²) in [5.41, 5.74) is 6.36. The summed E-state index contributed by atoms with van der Waals surface area (Å²) >= 11 is 5.82. The van der Waals surface area contributed by atoms with Gasteiger partial charge in [0.25, 0.3) is 0 Å². The number of nitrogens with zero attached hydrogens (tertiary/aromatic N) is 4. The molecule has 0 fully saturated rings. The summed E-state index contributed by atoms with van der Waals surface area (Å²) in [6.07, 6.45) is 1.64. The van der Waals surface area contributed by atoms with Crippen LogP contribution < -0.4 is 5.73 Å². The number of tetrazole rings is 1. The van der Waals surface area contributed by atoms with Crippen LogP contribution in [-0.4, -0.2) is 26.8 Å². The maximum absolute atomic E-state index is 5.82. The second kappa shape index (κ2) is 5.05. The molecule has 1 heterocycles. The van der Waals surface area contributed by atoms with Crippen LogP contribution in [0.1, 0.15) is 12.2 Å². The van der Waals surface area contributed by atoms with Gasteiger partial charge in [0.15, 0.2) is 5.82 Å². The van der Waals surface area contributed by atoms with Gasteiger partial charge in [0.2, 0.25) is 0 Å². The normalized spacial score (nSPS) is 10.6. The van der Waals surface area contributed by atoms with Gasteiger partial charge in [-0.2, -0.15) is 4.68 Å². The first-order valence-electron chi connectivity index (χ1n) is 5.04. The van der Waals surface area contributed by atoms with Gasteiger partial charge in [-0.05, 0) is 47.7 Å². The van der Waals surface area contributed by atoms with Crippen LogP contribution in [0.15, 0.2) is 24.3 Å². The van der Waals surface area contributed by atoms with Gasteiger partial charge in [-0.15, -0.1) is 5.10 Å². The molecule has 2 aromatic rings. The highest BCUT2D eigenvalue weighted by molar-refractivity contribution is 6.30. The summed E-state index contributed by atoms with van der Waals surface area (Å²) < 4.78 is 1.70. The Balaban J connectivity index is 2.26. The van der Waals surface area contributed by atoms with E-state index in [2.05, 4.69) is 15.5 Å². The second-order valence-electron chi connectivity index (χ2n) is 3.38. The highest BCUT2D eigenvalue weighted by atomic mass is 35.5. The minimum absolute atomic E-state index is 0.632. The summed E-state index contributed by atoms with van der Waals surface area (Å²) in [6, 6.07) is 7.38. The van der Waals surface area contributed by atoms with Gasteiger partial charge < -0.3 is 5.73 Å². The molecule has 0 amide bonds. The highest BCUT2D eigenvalue weighted by Gasteiger charge is 2.07. The second-order valence-corrected chi connectivity index (χ2v) is 3.81. The Labute approximate surface area is 98.2 Å². The lowest BCUT2D eigenvalue weighted by atomic mass is 10.3. The van der Waals surface area contributed by atoms with Gasteiger partial charge in [-0.25, -0.2) is 0 Å². The Hall–Kier alpha value is -1.46. The predicted molar refractivity (Wildman–Crippen MR) is 61.5 cm³/mol. The van der Waals surface area contributed by atoms with Crippen molar-refractivity contribution < 1.29 is 0 Å². The fourth-order valence-corrected chi connectivity index (χ4v) is 1.53. The quantitative estimate of drug-likeness (QED) is 0.868. The first-order valence-corrected chi connectivity index (χ1v) is 5.42. The van der Waals surface area contributed by atoms with Crippen LogP contribution in [0, 0.1) is 0 Å². The van der Waals surface area contributed by atoms with Crippen LogP contribution in [0.25, 0.3) is 5.69 Å². The van der Waals surface area contributed by atoms with Crippen LogP contribution in [-0.2, 0) is 6.42 Å². The van der Waals surface area contributed by atoms with E-state index < -0.39 is 0 Å². The Kier molecular flexibility index (Phi) is 3.48. The zero-order valence-corrected chi connectivity index (χ0v) is 9.43. The van der Waals surface area contributed by atoms with Gasteiger partial charge in [0, 0.05) is 11.4 Å². The molecule has 6 heteroatoms. The molecule has 84 valence electrons. The molecule has 0 unspecified atom stereocenters. The zero-order chi connectivity index (χ0) is 11.4. The van der Waals surface area contributed by atoms with Gasteiger partial charge >= 0.3 is 0 Å². The molecule has 0 atom stereocenters. The summed E-state index contributed by atoms with van der Waals surface area (Å²) in [6.45, 7) is 0.632. The standard InChI is InChI=1S/C10H12ClN5/c11-8-3-5-9(6-4-8)16-10(2-1-7-12)13-14-15-16/h3-6H,1-2,7,12H2. The van der Waals surface area contributed by atoms with Crippen molar-refractivity contribution in [3.63, 3.8) is 0 Å². The molecule has 0 radical (unpaired) electrons. The summed E-state index contributed by atoms with van der Waals surface area (Å²) in [5, 5.41) is 12.3. The van der Waals surface area contributed by atoms with Crippen LogP contribution >= 0.6 is 11.6 Å². The predicted octanol–water partition coefficient (Wildman–Crippen LogP) is 1.21. The van der Waals surface area contributed by atoms with Crippen LogP contribution in [0.2, 0.25) is 5.02 Å². The molecule has 1 aromatic carbocycles. The number of hydrogen-bond acceptors (Lipinski definition) is 4. The molecule has 0 aliphatic rings. The van der Waals surface area contributed by atoms with E-state index in [9.17, 15) is 0 Å². The number of halogens is 1. The lowest BCUT2D eigenvalue weighted by Gasteiger charge is -2.03. The van der Waals surface area contributed by atoms with Crippen molar-refractivity contribution in [3.05, 3.63) is 35.1 Å². The molecule has 0 spiro atoms. The van der Waals surface area contributed by atoms with Crippen molar-refractivity contribution in [1.82, 2.24) is 20.2 Å². The summed E-state index contributed by atoms with van der Waals surface area (Å²) in [7, 11) is 0. The minimum atomic E-state index is 0.632. The zero-order valence-electron chi connectivity index (χ0n) is 8.67. The van der Waals surface area contributed by atoms with Crippen molar-refractivity contribution in [1.29, 1.82) is 0 Å². The van der Waals surface area contributed by atoms with Crippen molar-refractivity contribution in [2.75, 3.05) is 6.54 Å². The van der Waals surface area contributed by atoms with Crippen molar-refractivity contribution in [2.45, 2.75) is 12.8 Å². The van der Waals surface area contributed by atoms with E-state index in [1.165, 1.54) is 0 Å². The molecule has 0 aliphatic carbocycles. The van der Waals surface area contributed by atoms with Gasteiger partial charge in [0.1, 0.15) is 0 Å². The van der Waals surface area contributed by atoms with E-state index >= 15 is 0 Å². The maximum Gasteiger partial charge on any atom is 0.156 e. The number of nitrogens with two attached hydrogens (primary N) is 1. The molecular weight excluding hydrogens is 226 g/mol. The van der Waals surface area contributed by atoms with Gasteiger partial charge in [0.05, 0.1) is 5.69 Å². The minimum Gasteiger partial charge on any atom is -0.330 e. The largest absolute Gasteiger partial charge is 0.330 e. The van der Waals surface area contributed by atoms with E-state index in [1.807, 2.05) is 24.3 Å². The maximum atomic E-state index is 5.82. The molecule has 2 rings (SSSR count). The third-order valence-corrected chi connectivity index (χ3v) is 2.46. The first kappa shape index (κ1) is 11.0. The fourth-order valence-electron chi connectivity index (χ4n) is 1.40. The lowest BCUT2D eigenvalue weighted by molar-refractivity contribution is 0.726. The fraction of sp³-hybridized carbons (Fsp3) is 0.300. The molecular formula is C10H12ClN5. The van der Waals surface area contributed by atoms with Crippen molar-refractivity contribution in [2.24, 2.45) is 5.73 Å². The highest BCUT2D eigenvalue weighted by Crippen LogP contribution is 2.13. The van der Waals surface area contributed by atoms with E-state index in [4.69, 9.17) is 17.3 Å². The Morgan fingerprint density at radius 1 is 1.25 bits per heavy atom. The van der Waals surface area contributed by atoms with Gasteiger partial charge in [-0.1, -0.05) is 11.6 Å². The molecule has 0 saturated carbocycles. The Morgan fingerprint density at radius 3 is 2.69 bits per heavy atom. The summed E-state index contributed by atoms with van der Waals surface area (Å²) in [4.78, 5) is 0. The molecule has 2 N–H and O–H groups in total. The lowest BCUT2D eigenvalue weighted by Crippen LogP contribution is -2.06. The van der Waals surface area contributed by atoms with Crippen LogP contribution in [0.4, 0.5) is 0 Å². The average molecular weight is 238 g/mol. The summed E-state index contributed by atoms with van der Waals surface area (Å²) in [5.74, 6) is 0.813. The van der Waals surface area contributed by atoms with Crippen LogP contribution in [0.5, 0.6) is 0 Å². The monoisotopic (exact) mass is 237 g/mol. The smallest absolute Gasteiger partial charge is 0.156 e. The Bertz CT molecular complexity index is 450. The Morgan fingerprint density at radius 2 is 2.00 bits per heavy atom. The molecule has 5 nitrogen and oxygen atoms in total. The first-order chi connectivity index (χ1) is 7.81. The third-order valence-electron chi connectivity index (χ3n) is 2.21. The van der Waals surface area contributed by atoms with E-state index in [-0.39, 0.29) is 0 Å². The topological polar surface area (TPSA) is 69.6 Å². The van der Waals surface area contributed by atoms with E-state index in [0.29, 0.717) is 11.6 Å². The SMILES string of the molecule is NCCCc1nnnn1-c1ccc(Cl)cc1. The van der Waals surface area contributed by atoms with E-state index in [1.54, 1.807) is 4.68 Å². The number of aryl methyl sites for hydroxylation is 1. The molecule has 0 aliphatic heterocycles. The van der Waals surface area contributed by atoms with Gasteiger partial charge in [-0.3, -0.25) is 0 Å².